The SMILES string of the molecule is COc1ccc(C2C=CC(=O)CC2)cc1. The number of carbonyl (C=O) groups is 1. The summed E-state index contributed by atoms with van der Waals surface area (Å²) in [6.45, 7) is 0. The lowest BCUT2D eigenvalue weighted by Crippen LogP contribution is -2.06. The van der Waals surface area contributed by atoms with Gasteiger partial charge in [0, 0.05) is 12.3 Å². The number of rotatable bonds is 2. The van der Waals surface area contributed by atoms with Gasteiger partial charge in [-0.25, -0.2) is 0 Å². The number of hydrogen-bond donors (Lipinski definition) is 0. The molecule has 0 aliphatic heterocycles. The third-order valence-electron chi connectivity index (χ3n) is 2.76. The number of carbonyl (C=O) groups excluding carboxylic acids is 1. The highest BCUT2D eigenvalue weighted by Gasteiger charge is 2.14. The Bertz CT molecular complexity index is 376. The van der Waals surface area contributed by atoms with E-state index in [-0.39, 0.29) is 5.78 Å². The molecule has 0 aromatic heterocycles. The summed E-state index contributed by atoms with van der Waals surface area (Å²) in [5, 5.41) is 0. The molecule has 2 heteroatoms. The lowest BCUT2D eigenvalue weighted by molar-refractivity contribution is -0.115. The zero-order valence-electron chi connectivity index (χ0n) is 8.77. The molecule has 1 aromatic rings. The van der Waals surface area contributed by atoms with E-state index in [0.717, 1.165) is 12.2 Å². The summed E-state index contributed by atoms with van der Waals surface area (Å²) in [5.74, 6) is 1.49. The number of allylic oxidation sites excluding steroid dienone is 2. The summed E-state index contributed by atoms with van der Waals surface area (Å²) >= 11 is 0. The third kappa shape index (κ3) is 2.27. The molecule has 0 fully saturated rings. The molecule has 1 aliphatic carbocycles. The molecule has 0 saturated heterocycles. The van der Waals surface area contributed by atoms with Crippen LogP contribution in [-0.2, 0) is 4.79 Å². The van der Waals surface area contributed by atoms with Crippen LogP contribution in [-0.4, -0.2) is 12.9 Å². The van der Waals surface area contributed by atoms with E-state index in [1.807, 2.05) is 18.2 Å². The zero-order chi connectivity index (χ0) is 10.7. The molecule has 1 unspecified atom stereocenters. The van der Waals surface area contributed by atoms with Gasteiger partial charge in [0.25, 0.3) is 0 Å². The van der Waals surface area contributed by atoms with E-state index >= 15 is 0 Å². The first-order chi connectivity index (χ1) is 7.29. The van der Waals surface area contributed by atoms with Crippen LogP contribution in [0.5, 0.6) is 5.75 Å². The van der Waals surface area contributed by atoms with Crippen LogP contribution >= 0.6 is 0 Å². The molecule has 1 atom stereocenters. The van der Waals surface area contributed by atoms with Gasteiger partial charge in [0.1, 0.15) is 5.75 Å². The standard InChI is InChI=1S/C13H14O2/c1-15-13-8-4-11(5-9-13)10-2-6-12(14)7-3-10/h2,4-6,8-10H,3,7H2,1H3. The van der Waals surface area contributed by atoms with Crippen LogP contribution in [0.2, 0.25) is 0 Å². The van der Waals surface area contributed by atoms with Crippen LogP contribution < -0.4 is 4.74 Å². The Kier molecular flexibility index (Phi) is 2.86. The van der Waals surface area contributed by atoms with Crippen molar-refractivity contribution in [2.45, 2.75) is 18.8 Å². The largest absolute Gasteiger partial charge is 0.497 e. The molecular formula is C13H14O2. The Morgan fingerprint density at radius 2 is 2.00 bits per heavy atom. The Morgan fingerprint density at radius 3 is 2.53 bits per heavy atom. The Hall–Kier alpha value is -1.57. The second kappa shape index (κ2) is 4.30. The lowest BCUT2D eigenvalue weighted by Gasteiger charge is -2.16. The van der Waals surface area contributed by atoms with Crippen LogP contribution in [0.4, 0.5) is 0 Å². The average molecular weight is 202 g/mol. The van der Waals surface area contributed by atoms with Crippen molar-refractivity contribution in [3.63, 3.8) is 0 Å². The fraction of sp³-hybridized carbons (Fsp3) is 0.308. The number of hydrogen-bond acceptors (Lipinski definition) is 2. The summed E-state index contributed by atoms with van der Waals surface area (Å²) < 4.78 is 5.10. The van der Waals surface area contributed by atoms with Crippen molar-refractivity contribution in [2.24, 2.45) is 0 Å². The fourth-order valence-corrected chi connectivity index (χ4v) is 1.83. The minimum absolute atomic E-state index is 0.236. The summed E-state index contributed by atoms with van der Waals surface area (Å²) in [5.41, 5.74) is 1.25. The van der Waals surface area contributed by atoms with Crippen LogP contribution in [0.1, 0.15) is 24.3 Å². The maximum Gasteiger partial charge on any atom is 0.155 e. The van der Waals surface area contributed by atoms with Gasteiger partial charge in [-0.15, -0.1) is 0 Å². The van der Waals surface area contributed by atoms with Crippen molar-refractivity contribution in [1.29, 1.82) is 0 Å². The smallest absolute Gasteiger partial charge is 0.155 e. The maximum absolute atomic E-state index is 11.0. The highest BCUT2D eigenvalue weighted by molar-refractivity contribution is 5.90. The topological polar surface area (TPSA) is 26.3 Å². The van der Waals surface area contributed by atoms with Gasteiger partial charge >= 0.3 is 0 Å². The van der Waals surface area contributed by atoms with E-state index in [9.17, 15) is 4.79 Å². The predicted octanol–water partition coefficient (Wildman–Crippen LogP) is 2.70. The van der Waals surface area contributed by atoms with Gasteiger partial charge in [0.2, 0.25) is 0 Å². The van der Waals surface area contributed by atoms with Crippen molar-refractivity contribution in [3.8, 4) is 5.75 Å². The van der Waals surface area contributed by atoms with Gasteiger partial charge in [0.15, 0.2) is 5.78 Å². The van der Waals surface area contributed by atoms with Gasteiger partial charge < -0.3 is 4.74 Å². The number of ether oxygens (including phenoxy) is 1. The van der Waals surface area contributed by atoms with Crippen LogP contribution in [0.3, 0.4) is 0 Å². The van der Waals surface area contributed by atoms with Crippen molar-refractivity contribution in [1.82, 2.24) is 0 Å². The van der Waals surface area contributed by atoms with Crippen molar-refractivity contribution in [3.05, 3.63) is 42.0 Å². The normalized spacial score (nSPS) is 20.3. The third-order valence-corrected chi connectivity index (χ3v) is 2.76. The van der Waals surface area contributed by atoms with E-state index in [0.29, 0.717) is 12.3 Å². The quantitative estimate of drug-likeness (QED) is 0.737. The highest BCUT2D eigenvalue weighted by Crippen LogP contribution is 2.27. The van der Waals surface area contributed by atoms with Crippen molar-refractivity contribution >= 4 is 5.78 Å². The van der Waals surface area contributed by atoms with Gasteiger partial charge in [0.05, 0.1) is 7.11 Å². The monoisotopic (exact) mass is 202 g/mol. The highest BCUT2D eigenvalue weighted by atomic mass is 16.5. The van der Waals surface area contributed by atoms with Crippen molar-refractivity contribution in [2.75, 3.05) is 7.11 Å². The minimum Gasteiger partial charge on any atom is -0.497 e. The first-order valence-electron chi connectivity index (χ1n) is 5.14. The molecule has 0 N–H and O–H groups in total. The van der Waals surface area contributed by atoms with Gasteiger partial charge in [-0.1, -0.05) is 18.2 Å². The molecule has 0 heterocycles. The minimum atomic E-state index is 0.236. The Balaban J connectivity index is 2.16. The molecule has 2 rings (SSSR count). The summed E-state index contributed by atoms with van der Waals surface area (Å²) in [4.78, 5) is 11.0. The molecule has 78 valence electrons. The van der Waals surface area contributed by atoms with Gasteiger partial charge in [-0.2, -0.15) is 0 Å². The molecule has 0 bridgehead atoms. The Morgan fingerprint density at radius 1 is 1.27 bits per heavy atom. The fourth-order valence-electron chi connectivity index (χ4n) is 1.83. The summed E-state index contributed by atoms with van der Waals surface area (Å²) in [6, 6.07) is 8.03. The van der Waals surface area contributed by atoms with E-state index < -0.39 is 0 Å². The molecule has 1 aromatic carbocycles. The molecule has 15 heavy (non-hydrogen) atoms. The summed E-state index contributed by atoms with van der Waals surface area (Å²) in [7, 11) is 1.66. The van der Waals surface area contributed by atoms with Crippen LogP contribution in [0.25, 0.3) is 0 Å². The number of benzene rings is 1. The first kappa shape index (κ1) is 9.97. The number of methoxy groups -OCH3 is 1. The second-order valence-corrected chi connectivity index (χ2v) is 3.74. The van der Waals surface area contributed by atoms with Crippen molar-refractivity contribution < 1.29 is 9.53 Å². The van der Waals surface area contributed by atoms with Gasteiger partial charge in [-0.3, -0.25) is 4.79 Å². The summed E-state index contributed by atoms with van der Waals surface area (Å²) in [6.07, 6.45) is 5.26. The van der Waals surface area contributed by atoms with E-state index in [1.54, 1.807) is 13.2 Å². The molecule has 0 spiro atoms. The van der Waals surface area contributed by atoms with E-state index in [1.165, 1.54) is 5.56 Å². The Labute approximate surface area is 89.6 Å². The molecule has 1 aliphatic rings. The molecular weight excluding hydrogens is 188 g/mol. The maximum atomic E-state index is 11.0. The average Bonchev–Trinajstić information content (AvgIpc) is 2.30. The zero-order valence-corrected chi connectivity index (χ0v) is 8.77. The molecule has 0 amide bonds. The second-order valence-electron chi connectivity index (χ2n) is 3.74. The first-order valence-corrected chi connectivity index (χ1v) is 5.14. The van der Waals surface area contributed by atoms with E-state index in [4.69, 9.17) is 4.74 Å². The number of ketones is 1. The predicted molar refractivity (Wildman–Crippen MR) is 59.1 cm³/mol. The van der Waals surface area contributed by atoms with Gasteiger partial charge in [-0.05, 0) is 30.2 Å². The lowest BCUT2D eigenvalue weighted by atomic mass is 9.89. The molecule has 0 radical (unpaired) electrons. The van der Waals surface area contributed by atoms with Crippen LogP contribution in [0, 0.1) is 0 Å². The molecule has 0 saturated carbocycles. The molecule has 2 nitrogen and oxygen atoms in total. The van der Waals surface area contributed by atoms with Crippen LogP contribution in [0.15, 0.2) is 36.4 Å². The van der Waals surface area contributed by atoms with E-state index in [2.05, 4.69) is 12.1 Å².